The second kappa shape index (κ2) is 8.01. The maximum Gasteiger partial charge on any atom is 0.185 e. The van der Waals surface area contributed by atoms with Crippen molar-refractivity contribution in [3.63, 3.8) is 0 Å². The number of carbonyl (C=O) groups excluding carboxylic acids is 1. The Bertz CT molecular complexity index is 178. The van der Waals surface area contributed by atoms with Crippen molar-refractivity contribution < 1.29 is 14.3 Å². The summed E-state index contributed by atoms with van der Waals surface area (Å²) in [6.45, 7) is 2.40. The number of aliphatic hydroxyl groups is 1. The number of carbonyl (C=O) groups is 1. The number of aldehydes is 1. The molecule has 0 bridgehead atoms. The van der Waals surface area contributed by atoms with E-state index in [0.717, 1.165) is 12.8 Å². The van der Waals surface area contributed by atoms with Crippen LogP contribution < -0.4 is 0 Å². The van der Waals surface area contributed by atoms with Crippen LogP contribution in [0.15, 0.2) is 22.8 Å². The van der Waals surface area contributed by atoms with Gasteiger partial charge in [-0.15, -0.1) is 0 Å². The Hall–Kier alpha value is -1.09. The maximum atomic E-state index is 9.77. The first kappa shape index (κ1) is 10.9. The summed E-state index contributed by atoms with van der Waals surface area (Å²) in [6, 6.07) is 3.27. The summed E-state index contributed by atoms with van der Waals surface area (Å²) < 4.78 is 4.61. The molecule has 1 rings (SSSR count). The molecule has 1 N–H and O–H groups in total. The first-order chi connectivity index (χ1) is 5.85. The van der Waals surface area contributed by atoms with Crippen LogP contribution in [-0.4, -0.2) is 18.0 Å². The highest BCUT2D eigenvalue weighted by atomic mass is 16.3. The second-order valence-corrected chi connectivity index (χ2v) is 2.21. The van der Waals surface area contributed by atoms with Crippen LogP contribution in [0.3, 0.4) is 0 Å². The lowest BCUT2D eigenvalue weighted by atomic mass is 10.4. The highest BCUT2D eigenvalue weighted by Gasteiger charge is 1.84. The van der Waals surface area contributed by atoms with Gasteiger partial charge in [0.1, 0.15) is 0 Å². The van der Waals surface area contributed by atoms with Gasteiger partial charge in [0.05, 0.1) is 6.26 Å². The lowest BCUT2D eigenvalue weighted by Gasteiger charge is -1.79. The van der Waals surface area contributed by atoms with Crippen LogP contribution in [0, 0.1) is 0 Å². The Balaban J connectivity index is 0.000000217. The predicted octanol–water partition coefficient (Wildman–Crippen LogP) is 1.87. The van der Waals surface area contributed by atoms with Crippen LogP contribution in [-0.2, 0) is 0 Å². The first-order valence-corrected chi connectivity index (χ1v) is 3.94. The van der Waals surface area contributed by atoms with E-state index in [0.29, 0.717) is 18.7 Å². The Morgan fingerprint density at radius 2 is 2.42 bits per heavy atom. The minimum Gasteiger partial charge on any atom is -0.462 e. The van der Waals surface area contributed by atoms with Crippen molar-refractivity contribution in [2.45, 2.75) is 19.8 Å². The van der Waals surface area contributed by atoms with Gasteiger partial charge in [-0.05, 0) is 18.6 Å². The monoisotopic (exact) mass is 170 g/mol. The fourth-order valence-corrected chi connectivity index (χ4v) is 0.516. The van der Waals surface area contributed by atoms with Crippen molar-refractivity contribution >= 4 is 6.29 Å². The number of furan rings is 1. The minimum absolute atomic E-state index is 0.344. The Morgan fingerprint density at radius 3 is 2.58 bits per heavy atom. The van der Waals surface area contributed by atoms with E-state index in [9.17, 15) is 4.79 Å². The van der Waals surface area contributed by atoms with Crippen LogP contribution in [0.5, 0.6) is 0 Å². The van der Waals surface area contributed by atoms with Gasteiger partial charge in [0, 0.05) is 6.61 Å². The van der Waals surface area contributed by atoms with Gasteiger partial charge in [-0.25, -0.2) is 0 Å². The van der Waals surface area contributed by atoms with Crippen molar-refractivity contribution in [2.75, 3.05) is 6.61 Å². The molecule has 0 atom stereocenters. The van der Waals surface area contributed by atoms with E-state index in [1.165, 1.54) is 6.26 Å². The molecule has 0 fully saturated rings. The number of aliphatic hydroxyl groups excluding tert-OH is 1. The number of unbranched alkanes of at least 4 members (excludes halogenated alkanes) is 1. The molecule has 1 heterocycles. The molecule has 0 saturated carbocycles. The molecule has 12 heavy (non-hydrogen) atoms. The molecule has 0 aliphatic carbocycles. The van der Waals surface area contributed by atoms with Crippen molar-refractivity contribution in [2.24, 2.45) is 0 Å². The van der Waals surface area contributed by atoms with E-state index in [1.54, 1.807) is 12.1 Å². The van der Waals surface area contributed by atoms with Gasteiger partial charge < -0.3 is 9.52 Å². The fourth-order valence-electron chi connectivity index (χ4n) is 0.516. The average Bonchev–Trinajstić information content (AvgIpc) is 2.58. The Kier molecular flexibility index (Phi) is 7.28. The third-order valence-corrected chi connectivity index (χ3v) is 1.17. The van der Waals surface area contributed by atoms with Crippen molar-refractivity contribution in [3.05, 3.63) is 24.2 Å². The third kappa shape index (κ3) is 5.68. The van der Waals surface area contributed by atoms with Crippen LogP contribution in [0.4, 0.5) is 0 Å². The first-order valence-electron chi connectivity index (χ1n) is 3.94. The molecule has 0 saturated heterocycles. The van der Waals surface area contributed by atoms with Gasteiger partial charge in [-0.2, -0.15) is 0 Å². The van der Waals surface area contributed by atoms with Gasteiger partial charge in [-0.1, -0.05) is 13.3 Å². The molecule has 0 aliphatic rings. The van der Waals surface area contributed by atoms with Gasteiger partial charge in [0.25, 0.3) is 0 Å². The lowest BCUT2D eigenvalue weighted by Crippen LogP contribution is -1.75. The van der Waals surface area contributed by atoms with E-state index < -0.39 is 0 Å². The zero-order chi connectivity index (χ0) is 9.23. The van der Waals surface area contributed by atoms with E-state index in [1.807, 2.05) is 0 Å². The molecule has 0 amide bonds. The minimum atomic E-state index is 0.344. The molecular formula is C9H14O3. The van der Waals surface area contributed by atoms with Crippen LogP contribution >= 0.6 is 0 Å². The van der Waals surface area contributed by atoms with E-state index in [2.05, 4.69) is 11.3 Å². The van der Waals surface area contributed by atoms with Crippen molar-refractivity contribution in [1.29, 1.82) is 0 Å². The summed E-state index contributed by atoms with van der Waals surface area (Å²) in [4.78, 5) is 9.77. The molecule has 0 aliphatic heterocycles. The van der Waals surface area contributed by atoms with Gasteiger partial charge in [0.2, 0.25) is 0 Å². The Morgan fingerprint density at radius 1 is 1.67 bits per heavy atom. The summed E-state index contributed by atoms with van der Waals surface area (Å²) in [5.74, 6) is 0.375. The average molecular weight is 170 g/mol. The van der Waals surface area contributed by atoms with E-state index >= 15 is 0 Å². The highest BCUT2D eigenvalue weighted by Crippen LogP contribution is 1.92. The Labute approximate surface area is 72.0 Å². The molecule has 1 aromatic rings. The summed E-state index contributed by atoms with van der Waals surface area (Å²) in [6.07, 6.45) is 4.17. The molecule has 3 nitrogen and oxygen atoms in total. The van der Waals surface area contributed by atoms with E-state index in [-0.39, 0.29) is 0 Å². The lowest BCUT2D eigenvalue weighted by molar-refractivity contribution is 0.110. The third-order valence-electron chi connectivity index (χ3n) is 1.17. The van der Waals surface area contributed by atoms with Gasteiger partial charge in [0.15, 0.2) is 12.0 Å². The van der Waals surface area contributed by atoms with Gasteiger partial charge in [-0.3, -0.25) is 4.79 Å². The predicted molar refractivity (Wildman–Crippen MR) is 46.1 cm³/mol. The van der Waals surface area contributed by atoms with Crippen LogP contribution in [0.2, 0.25) is 0 Å². The summed E-state index contributed by atoms with van der Waals surface area (Å²) in [7, 11) is 0. The quantitative estimate of drug-likeness (QED) is 0.704. The fraction of sp³-hybridized carbons (Fsp3) is 0.444. The van der Waals surface area contributed by atoms with Crippen molar-refractivity contribution in [1.82, 2.24) is 0 Å². The standard InChI is InChI=1S/C5H4O2.C4H10O/c6-4-5-2-1-3-7-5;1-2-3-4-5/h1-4H;5H,2-4H2,1H3. The zero-order valence-corrected chi connectivity index (χ0v) is 7.19. The SMILES string of the molecule is CCCCO.O=Cc1ccco1. The van der Waals surface area contributed by atoms with Crippen LogP contribution in [0.1, 0.15) is 30.3 Å². The largest absolute Gasteiger partial charge is 0.462 e. The van der Waals surface area contributed by atoms with Crippen LogP contribution in [0.25, 0.3) is 0 Å². The normalized spacial score (nSPS) is 8.50. The van der Waals surface area contributed by atoms with Crippen molar-refractivity contribution in [3.8, 4) is 0 Å². The second-order valence-electron chi connectivity index (χ2n) is 2.21. The number of hydrogen-bond donors (Lipinski definition) is 1. The highest BCUT2D eigenvalue weighted by molar-refractivity contribution is 5.69. The maximum absolute atomic E-state index is 9.77. The van der Waals surface area contributed by atoms with Gasteiger partial charge >= 0.3 is 0 Å². The zero-order valence-electron chi connectivity index (χ0n) is 7.19. The topological polar surface area (TPSA) is 50.4 Å². The molecule has 68 valence electrons. The molecule has 0 aromatic carbocycles. The molecule has 0 spiro atoms. The number of rotatable bonds is 3. The molecular weight excluding hydrogens is 156 g/mol. The molecule has 3 heteroatoms. The van der Waals surface area contributed by atoms with E-state index in [4.69, 9.17) is 5.11 Å². The molecule has 1 aromatic heterocycles. The number of hydrogen-bond acceptors (Lipinski definition) is 3. The molecule has 0 radical (unpaired) electrons. The smallest absolute Gasteiger partial charge is 0.185 e. The molecule has 0 unspecified atom stereocenters. The summed E-state index contributed by atoms with van der Waals surface area (Å²) in [5, 5.41) is 8.07. The summed E-state index contributed by atoms with van der Waals surface area (Å²) in [5.41, 5.74) is 0. The summed E-state index contributed by atoms with van der Waals surface area (Å²) >= 11 is 0.